The smallest absolute Gasteiger partial charge is 0.262 e. The van der Waals surface area contributed by atoms with Gasteiger partial charge in [0.15, 0.2) is 5.16 Å². The van der Waals surface area contributed by atoms with Gasteiger partial charge in [0.1, 0.15) is 0 Å². The molecular formula is C19H25N3O3S. The Morgan fingerprint density at radius 1 is 1.42 bits per heavy atom. The molecular weight excluding hydrogens is 350 g/mol. The third-order valence-electron chi connectivity index (χ3n) is 4.28. The number of amides is 1. The Bertz CT molecular complexity index is 832. The fourth-order valence-corrected chi connectivity index (χ4v) is 3.61. The number of hydrogen-bond acceptors (Lipinski definition) is 5. The van der Waals surface area contributed by atoms with Crippen LogP contribution in [0.1, 0.15) is 33.1 Å². The Labute approximate surface area is 157 Å². The van der Waals surface area contributed by atoms with Gasteiger partial charge in [-0.1, -0.05) is 23.9 Å². The van der Waals surface area contributed by atoms with Crippen LogP contribution in [0.15, 0.2) is 34.2 Å². The zero-order valence-electron chi connectivity index (χ0n) is 15.2. The van der Waals surface area contributed by atoms with Crippen molar-refractivity contribution >= 4 is 28.6 Å². The summed E-state index contributed by atoms with van der Waals surface area (Å²) in [6.45, 7) is 5.58. The summed E-state index contributed by atoms with van der Waals surface area (Å²) in [6, 6.07) is 7.66. The summed E-state index contributed by atoms with van der Waals surface area (Å²) in [4.78, 5) is 29.9. The van der Waals surface area contributed by atoms with Crippen LogP contribution in [0.3, 0.4) is 0 Å². The minimum atomic E-state index is -0.304. The van der Waals surface area contributed by atoms with Crippen LogP contribution in [0.5, 0.6) is 0 Å². The van der Waals surface area contributed by atoms with Gasteiger partial charge in [-0.15, -0.1) is 0 Å². The quantitative estimate of drug-likeness (QED) is 0.414. The largest absolute Gasteiger partial charge is 0.382 e. The zero-order valence-corrected chi connectivity index (χ0v) is 16.1. The first-order chi connectivity index (χ1) is 12.6. The lowest BCUT2D eigenvalue weighted by Crippen LogP contribution is -2.33. The molecule has 7 heteroatoms. The van der Waals surface area contributed by atoms with E-state index in [-0.39, 0.29) is 16.7 Å². The Hall–Kier alpha value is -1.86. The third-order valence-corrected chi connectivity index (χ3v) is 5.37. The molecule has 1 fully saturated rings. The van der Waals surface area contributed by atoms with Gasteiger partial charge in [0, 0.05) is 25.8 Å². The number of nitrogens with zero attached hydrogens (tertiary/aromatic N) is 2. The van der Waals surface area contributed by atoms with Crippen molar-refractivity contribution in [3.63, 3.8) is 0 Å². The van der Waals surface area contributed by atoms with Crippen molar-refractivity contribution in [3.05, 3.63) is 34.6 Å². The van der Waals surface area contributed by atoms with Crippen molar-refractivity contribution in [1.82, 2.24) is 14.9 Å². The van der Waals surface area contributed by atoms with E-state index >= 15 is 0 Å². The third kappa shape index (κ3) is 4.65. The minimum absolute atomic E-state index is 0.000717. The van der Waals surface area contributed by atoms with Crippen LogP contribution in [-0.2, 0) is 16.1 Å². The van der Waals surface area contributed by atoms with E-state index in [1.54, 1.807) is 10.6 Å². The van der Waals surface area contributed by atoms with Gasteiger partial charge in [0.25, 0.3) is 5.56 Å². The Balaban J connectivity index is 1.85. The molecule has 0 unspecified atom stereocenters. The number of hydrogen-bond donors (Lipinski definition) is 1. The molecule has 1 aromatic carbocycles. The molecule has 1 aromatic heterocycles. The van der Waals surface area contributed by atoms with Crippen molar-refractivity contribution in [1.29, 1.82) is 0 Å². The first kappa shape index (κ1) is 18.9. The maximum absolute atomic E-state index is 12.9. The molecule has 0 aliphatic heterocycles. The van der Waals surface area contributed by atoms with E-state index in [0.717, 1.165) is 19.3 Å². The van der Waals surface area contributed by atoms with Crippen molar-refractivity contribution in [2.45, 2.75) is 56.1 Å². The van der Waals surface area contributed by atoms with Gasteiger partial charge in [-0.05, 0) is 45.2 Å². The van der Waals surface area contributed by atoms with Crippen LogP contribution in [-0.4, -0.2) is 40.0 Å². The monoisotopic (exact) mass is 375 g/mol. The molecule has 1 aliphatic carbocycles. The number of carbonyl (C=O) groups is 1. The molecule has 0 bridgehead atoms. The number of nitrogens with one attached hydrogen (secondary N) is 1. The highest BCUT2D eigenvalue weighted by Gasteiger charge is 2.27. The molecule has 2 aromatic rings. The molecule has 0 radical (unpaired) electrons. The predicted molar refractivity (Wildman–Crippen MR) is 104 cm³/mol. The van der Waals surface area contributed by atoms with Crippen molar-refractivity contribution < 1.29 is 9.53 Å². The standard InChI is InChI=1S/C19H25N3O3S/c1-3-25-12-6-11-22-18(24)15-7-4-5-8-16(15)21-19(22)26-13(2)17(23)20-14-9-10-14/h4-5,7-8,13-14H,3,6,9-12H2,1-2H3,(H,20,23)/t13-/m1/s1. The molecule has 1 saturated carbocycles. The molecule has 1 N–H and O–H groups in total. The first-order valence-corrected chi connectivity index (χ1v) is 10.0. The van der Waals surface area contributed by atoms with E-state index in [1.807, 2.05) is 32.0 Å². The van der Waals surface area contributed by atoms with Crippen molar-refractivity contribution in [3.8, 4) is 0 Å². The van der Waals surface area contributed by atoms with Gasteiger partial charge in [-0.3, -0.25) is 14.2 Å². The molecule has 3 rings (SSSR count). The van der Waals surface area contributed by atoms with E-state index in [0.29, 0.717) is 41.9 Å². The van der Waals surface area contributed by atoms with Crippen LogP contribution in [0.4, 0.5) is 0 Å². The maximum atomic E-state index is 12.9. The summed E-state index contributed by atoms with van der Waals surface area (Å²) in [5.41, 5.74) is 0.597. The molecule has 0 spiro atoms. The summed E-state index contributed by atoms with van der Waals surface area (Å²) < 4.78 is 7.06. The second-order valence-corrected chi connectivity index (χ2v) is 7.77. The van der Waals surface area contributed by atoms with Crippen LogP contribution in [0.25, 0.3) is 10.9 Å². The van der Waals surface area contributed by atoms with Gasteiger partial charge in [0.05, 0.1) is 16.2 Å². The van der Waals surface area contributed by atoms with Crippen LogP contribution in [0, 0.1) is 0 Å². The molecule has 1 amide bonds. The van der Waals surface area contributed by atoms with E-state index < -0.39 is 0 Å². The molecule has 0 saturated heterocycles. The summed E-state index contributed by atoms with van der Waals surface area (Å²) in [5, 5.41) is 3.89. The zero-order chi connectivity index (χ0) is 18.5. The number of thioether (sulfide) groups is 1. The van der Waals surface area contributed by atoms with Crippen LogP contribution in [0.2, 0.25) is 0 Å². The molecule has 1 heterocycles. The number of para-hydroxylation sites is 1. The average Bonchev–Trinajstić information content (AvgIpc) is 3.44. The number of aromatic nitrogens is 2. The van der Waals surface area contributed by atoms with Crippen LogP contribution >= 0.6 is 11.8 Å². The minimum Gasteiger partial charge on any atom is -0.382 e. The Morgan fingerprint density at radius 2 is 2.19 bits per heavy atom. The average molecular weight is 375 g/mol. The van der Waals surface area contributed by atoms with Gasteiger partial charge in [-0.25, -0.2) is 4.98 Å². The normalized spacial score (nSPS) is 15.2. The topological polar surface area (TPSA) is 73.2 Å². The SMILES string of the molecule is CCOCCCn1c(S[C@H](C)C(=O)NC2CC2)nc2ccccc2c1=O. The fourth-order valence-electron chi connectivity index (χ4n) is 2.66. The van der Waals surface area contributed by atoms with E-state index in [2.05, 4.69) is 10.3 Å². The molecule has 26 heavy (non-hydrogen) atoms. The summed E-state index contributed by atoms with van der Waals surface area (Å²) in [7, 11) is 0. The van der Waals surface area contributed by atoms with Gasteiger partial charge in [-0.2, -0.15) is 0 Å². The predicted octanol–water partition coefficient (Wildman–Crippen LogP) is 2.58. The number of rotatable bonds is 9. The highest BCUT2D eigenvalue weighted by atomic mass is 32.2. The van der Waals surface area contributed by atoms with Crippen molar-refractivity contribution in [2.24, 2.45) is 0 Å². The lowest BCUT2D eigenvalue weighted by atomic mass is 10.2. The molecule has 140 valence electrons. The number of carbonyl (C=O) groups excluding carboxylic acids is 1. The molecule has 1 atom stereocenters. The lowest BCUT2D eigenvalue weighted by Gasteiger charge is -2.16. The van der Waals surface area contributed by atoms with E-state index in [9.17, 15) is 9.59 Å². The highest BCUT2D eigenvalue weighted by Crippen LogP contribution is 2.25. The summed E-state index contributed by atoms with van der Waals surface area (Å²) in [6.07, 6.45) is 2.84. The van der Waals surface area contributed by atoms with E-state index in [1.165, 1.54) is 11.8 Å². The second-order valence-electron chi connectivity index (χ2n) is 6.46. The summed E-state index contributed by atoms with van der Waals surface area (Å²) >= 11 is 1.34. The molecule has 6 nitrogen and oxygen atoms in total. The number of fused-ring (bicyclic) bond motifs is 1. The van der Waals surface area contributed by atoms with Gasteiger partial charge < -0.3 is 10.1 Å². The Morgan fingerprint density at radius 3 is 2.92 bits per heavy atom. The van der Waals surface area contributed by atoms with Gasteiger partial charge in [0.2, 0.25) is 5.91 Å². The Kier molecular flexibility index (Phi) is 6.32. The maximum Gasteiger partial charge on any atom is 0.262 e. The second kappa shape index (κ2) is 8.68. The fraction of sp³-hybridized carbons (Fsp3) is 0.526. The van der Waals surface area contributed by atoms with Crippen LogP contribution < -0.4 is 10.9 Å². The lowest BCUT2D eigenvalue weighted by molar-refractivity contribution is -0.120. The highest BCUT2D eigenvalue weighted by molar-refractivity contribution is 8.00. The number of ether oxygens (including phenoxy) is 1. The number of benzene rings is 1. The first-order valence-electron chi connectivity index (χ1n) is 9.14. The summed E-state index contributed by atoms with van der Waals surface area (Å²) in [5.74, 6) is 0.000717. The van der Waals surface area contributed by atoms with E-state index in [4.69, 9.17) is 4.74 Å². The molecule has 1 aliphatic rings. The van der Waals surface area contributed by atoms with Crippen molar-refractivity contribution in [2.75, 3.05) is 13.2 Å². The van der Waals surface area contributed by atoms with Gasteiger partial charge >= 0.3 is 0 Å².